The van der Waals surface area contributed by atoms with E-state index in [9.17, 15) is 0 Å². The summed E-state index contributed by atoms with van der Waals surface area (Å²) in [6.45, 7) is 2.06. The molecule has 0 spiro atoms. The first kappa shape index (κ1) is 11.9. The van der Waals surface area contributed by atoms with Gasteiger partial charge in [-0.05, 0) is 68.2 Å². The van der Waals surface area contributed by atoms with E-state index in [0.717, 1.165) is 41.8 Å². The molecule has 4 bridgehead atoms. The predicted octanol–water partition coefficient (Wildman–Crippen LogP) is 1.98. The molecule has 4 nitrogen and oxygen atoms in total. The molecule has 4 saturated carbocycles. The zero-order valence-corrected chi connectivity index (χ0v) is 11.8. The molecule has 19 heavy (non-hydrogen) atoms. The molecular weight excluding hydrogens is 236 g/mol. The van der Waals surface area contributed by atoms with Gasteiger partial charge >= 0.3 is 0 Å². The van der Waals surface area contributed by atoms with Crippen LogP contribution < -0.4 is 5.32 Å². The van der Waals surface area contributed by atoms with Gasteiger partial charge in [0.1, 0.15) is 0 Å². The lowest BCUT2D eigenvalue weighted by Crippen LogP contribution is -2.48. The number of hydrogen-bond acceptors (Lipinski definition) is 3. The van der Waals surface area contributed by atoms with E-state index in [2.05, 4.69) is 15.6 Å². The number of nitrogens with zero attached hydrogens (tertiary/aromatic N) is 3. The molecule has 1 aromatic rings. The lowest BCUT2D eigenvalue weighted by molar-refractivity contribution is -0.0355. The summed E-state index contributed by atoms with van der Waals surface area (Å²) in [5, 5.41) is 11.7. The Hall–Kier alpha value is -0.900. The SMILES string of the molecule is Cn1cc(CNCC2C3CC4CC(C3)CC2C4)nn1. The van der Waals surface area contributed by atoms with Crippen molar-refractivity contribution in [3.05, 3.63) is 11.9 Å². The Morgan fingerprint density at radius 1 is 1.16 bits per heavy atom. The summed E-state index contributed by atoms with van der Waals surface area (Å²) in [4.78, 5) is 0. The van der Waals surface area contributed by atoms with Crippen molar-refractivity contribution >= 4 is 0 Å². The summed E-state index contributed by atoms with van der Waals surface area (Å²) in [6.07, 6.45) is 9.63. The van der Waals surface area contributed by atoms with Crippen molar-refractivity contribution in [3.8, 4) is 0 Å². The number of hydrogen-bond donors (Lipinski definition) is 1. The summed E-state index contributed by atoms with van der Waals surface area (Å²) in [7, 11) is 1.92. The van der Waals surface area contributed by atoms with Gasteiger partial charge in [0, 0.05) is 19.8 Å². The van der Waals surface area contributed by atoms with Crippen LogP contribution in [0, 0.1) is 29.6 Å². The molecule has 0 aromatic carbocycles. The number of aromatic nitrogens is 3. The van der Waals surface area contributed by atoms with Crippen molar-refractivity contribution < 1.29 is 0 Å². The number of nitrogens with one attached hydrogen (secondary N) is 1. The average Bonchev–Trinajstić information content (AvgIpc) is 2.78. The molecule has 1 heterocycles. The third-order valence-corrected chi connectivity index (χ3v) is 5.76. The highest BCUT2D eigenvalue weighted by Crippen LogP contribution is 2.56. The van der Waals surface area contributed by atoms with Gasteiger partial charge in [-0.25, -0.2) is 0 Å². The maximum atomic E-state index is 4.14. The first-order chi connectivity index (χ1) is 9.28. The van der Waals surface area contributed by atoms with Gasteiger partial charge in [-0.15, -0.1) is 5.10 Å². The monoisotopic (exact) mass is 260 g/mol. The lowest BCUT2D eigenvalue weighted by atomic mass is 9.52. The van der Waals surface area contributed by atoms with Crippen LogP contribution >= 0.6 is 0 Å². The van der Waals surface area contributed by atoms with E-state index in [4.69, 9.17) is 0 Å². The van der Waals surface area contributed by atoms with E-state index in [0.29, 0.717) is 0 Å². The molecule has 0 saturated heterocycles. The molecule has 0 atom stereocenters. The highest BCUT2D eigenvalue weighted by Gasteiger charge is 2.47. The van der Waals surface area contributed by atoms with Crippen molar-refractivity contribution in [2.45, 2.75) is 38.6 Å². The Labute approximate surface area is 115 Å². The summed E-state index contributed by atoms with van der Waals surface area (Å²) >= 11 is 0. The van der Waals surface area contributed by atoms with Crippen LogP contribution in [-0.4, -0.2) is 21.5 Å². The van der Waals surface area contributed by atoms with Gasteiger partial charge in [0.15, 0.2) is 0 Å². The minimum Gasteiger partial charge on any atom is -0.311 e. The first-order valence-electron chi connectivity index (χ1n) is 7.84. The molecule has 4 heteroatoms. The summed E-state index contributed by atoms with van der Waals surface area (Å²) < 4.78 is 1.78. The molecule has 5 rings (SSSR count). The molecule has 1 aromatic heterocycles. The zero-order chi connectivity index (χ0) is 12.8. The van der Waals surface area contributed by atoms with Crippen LogP contribution in [0.4, 0.5) is 0 Å². The van der Waals surface area contributed by atoms with Crippen LogP contribution in [0.1, 0.15) is 37.8 Å². The van der Waals surface area contributed by atoms with E-state index >= 15 is 0 Å². The molecule has 1 N–H and O–H groups in total. The van der Waals surface area contributed by atoms with Gasteiger partial charge in [0.25, 0.3) is 0 Å². The topological polar surface area (TPSA) is 42.7 Å². The quantitative estimate of drug-likeness (QED) is 0.900. The fraction of sp³-hybridized carbons (Fsp3) is 0.867. The second kappa shape index (κ2) is 4.58. The van der Waals surface area contributed by atoms with Gasteiger partial charge in [-0.2, -0.15) is 0 Å². The smallest absolute Gasteiger partial charge is 0.0964 e. The molecule has 0 radical (unpaired) electrons. The van der Waals surface area contributed by atoms with Crippen LogP contribution in [0.5, 0.6) is 0 Å². The van der Waals surface area contributed by atoms with Crippen molar-refractivity contribution in [2.24, 2.45) is 36.6 Å². The molecule has 4 fully saturated rings. The van der Waals surface area contributed by atoms with Gasteiger partial charge in [-0.3, -0.25) is 4.68 Å². The Bertz CT molecular complexity index is 425. The normalized spacial score (nSPS) is 39.9. The second-order valence-electron chi connectivity index (χ2n) is 7.11. The van der Waals surface area contributed by atoms with E-state index < -0.39 is 0 Å². The fourth-order valence-corrected chi connectivity index (χ4v) is 5.21. The molecular formula is C15H24N4. The minimum atomic E-state index is 0.872. The molecule has 4 aliphatic rings. The summed E-state index contributed by atoms with van der Waals surface area (Å²) in [6, 6.07) is 0. The largest absolute Gasteiger partial charge is 0.311 e. The summed E-state index contributed by atoms with van der Waals surface area (Å²) in [5.41, 5.74) is 1.06. The highest BCUT2D eigenvalue weighted by atomic mass is 15.4. The Kier molecular flexibility index (Phi) is 2.87. The second-order valence-corrected chi connectivity index (χ2v) is 7.11. The first-order valence-corrected chi connectivity index (χ1v) is 7.84. The number of rotatable bonds is 4. The van der Waals surface area contributed by atoms with Crippen LogP contribution in [0.15, 0.2) is 6.20 Å². The molecule has 0 amide bonds. The predicted molar refractivity (Wildman–Crippen MR) is 73.2 cm³/mol. The van der Waals surface area contributed by atoms with Crippen LogP contribution in [-0.2, 0) is 13.6 Å². The van der Waals surface area contributed by atoms with Gasteiger partial charge < -0.3 is 5.32 Å². The standard InChI is InChI=1S/C15H24N4/c1-19-9-14(17-18-19)7-16-8-15-12-3-10-2-11(5-12)6-13(15)4-10/h9-13,15-16H,2-8H2,1H3. The molecule has 104 valence electrons. The van der Waals surface area contributed by atoms with Crippen molar-refractivity contribution in [1.29, 1.82) is 0 Å². The minimum absolute atomic E-state index is 0.872. The maximum Gasteiger partial charge on any atom is 0.0964 e. The summed E-state index contributed by atoms with van der Waals surface area (Å²) in [5.74, 6) is 5.14. The molecule has 0 unspecified atom stereocenters. The third kappa shape index (κ3) is 2.20. The average molecular weight is 260 g/mol. The van der Waals surface area contributed by atoms with Crippen molar-refractivity contribution in [2.75, 3.05) is 6.54 Å². The molecule has 4 aliphatic carbocycles. The van der Waals surface area contributed by atoms with Crippen molar-refractivity contribution in [3.63, 3.8) is 0 Å². The lowest BCUT2D eigenvalue weighted by Gasteiger charge is -2.54. The van der Waals surface area contributed by atoms with Gasteiger partial charge in [-0.1, -0.05) is 5.21 Å². The van der Waals surface area contributed by atoms with Crippen LogP contribution in [0.3, 0.4) is 0 Å². The molecule has 0 aliphatic heterocycles. The van der Waals surface area contributed by atoms with Gasteiger partial charge in [0.2, 0.25) is 0 Å². The Morgan fingerprint density at radius 3 is 2.42 bits per heavy atom. The third-order valence-electron chi connectivity index (χ3n) is 5.76. The van der Waals surface area contributed by atoms with Crippen LogP contribution in [0.2, 0.25) is 0 Å². The van der Waals surface area contributed by atoms with E-state index in [-0.39, 0.29) is 0 Å². The van der Waals surface area contributed by atoms with Gasteiger partial charge in [0.05, 0.1) is 5.69 Å². The maximum absolute atomic E-state index is 4.14. The van der Waals surface area contributed by atoms with E-state index in [1.54, 1.807) is 11.1 Å². The Morgan fingerprint density at radius 2 is 1.84 bits per heavy atom. The van der Waals surface area contributed by atoms with Crippen molar-refractivity contribution in [1.82, 2.24) is 20.3 Å². The van der Waals surface area contributed by atoms with E-state index in [1.165, 1.54) is 32.2 Å². The van der Waals surface area contributed by atoms with E-state index in [1.807, 2.05) is 13.2 Å². The Balaban J connectivity index is 1.33. The highest BCUT2D eigenvalue weighted by molar-refractivity contribution is 4.99. The zero-order valence-electron chi connectivity index (χ0n) is 11.8. The van der Waals surface area contributed by atoms with Crippen LogP contribution in [0.25, 0.3) is 0 Å². The number of aryl methyl sites for hydroxylation is 1. The fourth-order valence-electron chi connectivity index (χ4n) is 5.21.